The SMILES string of the molecule is Cc1nc(N(C)C2CCC2)ccc1CN. The van der Waals surface area contributed by atoms with E-state index in [4.69, 9.17) is 5.73 Å². The molecule has 1 fully saturated rings. The quantitative estimate of drug-likeness (QED) is 0.818. The van der Waals surface area contributed by atoms with Crippen LogP contribution in [0.5, 0.6) is 0 Å². The molecule has 2 N–H and O–H groups in total. The highest BCUT2D eigenvalue weighted by Gasteiger charge is 2.22. The number of nitrogens with zero attached hydrogens (tertiary/aromatic N) is 2. The maximum Gasteiger partial charge on any atom is 0.128 e. The summed E-state index contributed by atoms with van der Waals surface area (Å²) in [5, 5.41) is 0. The van der Waals surface area contributed by atoms with Crippen LogP contribution in [0.4, 0.5) is 5.82 Å². The average molecular weight is 205 g/mol. The van der Waals surface area contributed by atoms with Gasteiger partial charge in [0.15, 0.2) is 0 Å². The van der Waals surface area contributed by atoms with E-state index in [1.54, 1.807) is 0 Å². The van der Waals surface area contributed by atoms with Gasteiger partial charge < -0.3 is 10.6 Å². The van der Waals surface area contributed by atoms with Crippen LogP contribution in [0.25, 0.3) is 0 Å². The first-order valence-electron chi connectivity index (χ1n) is 5.62. The molecule has 0 saturated heterocycles. The molecule has 15 heavy (non-hydrogen) atoms. The van der Waals surface area contributed by atoms with Crippen LogP contribution in [0.1, 0.15) is 30.5 Å². The Morgan fingerprint density at radius 3 is 2.67 bits per heavy atom. The molecule has 1 aliphatic carbocycles. The summed E-state index contributed by atoms with van der Waals surface area (Å²) in [6, 6.07) is 4.86. The van der Waals surface area contributed by atoms with Crippen LogP contribution < -0.4 is 10.6 Å². The van der Waals surface area contributed by atoms with E-state index >= 15 is 0 Å². The molecule has 82 valence electrons. The lowest BCUT2D eigenvalue weighted by atomic mass is 9.92. The van der Waals surface area contributed by atoms with Gasteiger partial charge in [-0.05, 0) is 37.8 Å². The fourth-order valence-corrected chi connectivity index (χ4v) is 1.95. The molecule has 1 saturated carbocycles. The predicted octanol–water partition coefficient (Wildman–Crippen LogP) is 1.84. The minimum atomic E-state index is 0.576. The van der Waals surface area contributed by atoms with Crippen LogP contribution in [0.2, 0.25) is 0 Å². The minimum Gasteiger partial charge on any atom is -0.357 e. The molecule has 1 heterocycles. The van der Waals surface area contributed by atoms with Crippen molar-refractivity contribution in [2.45, 2.75) is 38.8 Å². The first kappa shape index (κ1) is 10.4. The largest absolute Gasteiger partial charge is 0.357 e. The summed E-state index contributed by atoms with van der Waals surface area (Å²) in [5.41, 5.74) is 7.82. The van der Waals surface area contributed by atoms with Gasteiger partial charge in [0.25, 0.3) is 0 Å². The number of aromatic nitrogens is 1. The normalized spacial score (nSPS) is 16.2. The Balaban J connectivity index is 2.17. The molecule has 0 aliphatic heterocycles. The lowest BCUT2D eigenvalue weighted by Gasteiger charge is -2.35. The molecule has 3 heteroatoms. The summed E-state index contributed by atoms with van der Waals surface area (Å²) in [5.74, 6) is 1.08. The smallest absolute Gasteiger partial charge is 0.128 e. The fourth-order valence-electron chi connectivity index (χ4n) is 1.95. The minimum absolute atomic E-state index is 0.576. The number of aryl methyl sites for hydroxylation is 1. The zero-order valence-electron chi connectivity index (χ0n) is 9.53. The molecule has 1 aromatic rings. The topological polar surface area (TPSA) is 42.2 Å². The molecule has 0 amide bonds. The molecule has 0 radical (unpaired) electrons. The Bertz CT molecular complexity index is 345. The molecule has 0 bridgehead atoms. The summed E-state index contributed by atoms with van der Waals surface area (Å²) in [6.07, 6.45) is 3.96. The summed E-state index contributed by atoms with van der Waals surface area (Å²) >= 11 is 0. The third kappa shape index (κ3) is 1.97. The Kier molecular flexibility index (Phi) is 2.91. The van der Waals surface area contributed by atoms with E-state index in [9.17, 15) is 0 Å². The summed E-state index contributed by atoms with van der Waals surface area (Å²) in [4.78, 5) is 6.88. The molecular weight excluding hydrogens is 186 g/mol. The molecule has 2 rings (SSSR count). The standard InChI is InChI=1S/C12H19N3/c1-9-10(8-13)6-7-12(14-9)15(2)11-4-3-5-11/h6-7,11H,3-5,8,13H2,1-2H3. The van der Waals surface area contributed by atoms with Crippen molar-refractivity contribution >= 4 is 5.82 Å². The molecular formula is C12H19N3. The van der Waals surface area contributed by atoms with E-state index in [-0.39, 0.29) is 0 Å². The number of anilines is 1. The molecule has 0 spiro atoms. The highest BCUT2D eigenvalue weighted by molar-refractivity contribution is 5.42. The molecule has 0 atom stereocenters. The molecule has 0 unspecified atom stereocenters. The van der Waals surface area contributed by atoms with Crippen molar-refractivity contribution in [2.24, 2.45) is 5.73 Å². The van der Waals surface area contributed by atoms with Crippen LogP contribution >= 0.6 is 0 Å². The van der Waals surface area contributed by atoms with Crippen LogP contribution in [0, 0.1) is 6.92 Å². The first-order chi connectivity index (χ1) is 7.22. The monoisotopic (exact) mass is 205 g/mol. The zero-order chi connectivity index (χ0) is 10.8. The second-order valence-electron chi connectivity index (χ2n) is 4.31. The van der Waals surface area contributed by atoms with Gasteiger partial charge in [0, 0.05) is 25.3 Å². The van der Waals surface area contributed by atoms with Gasteiger partial charge in [-0.2, -0.15) is 0 Å². The second kappa shape index (κ2) is 4.19. The van der Waals surface area contributed by atoms with Crippen LogP contribution in [-0.4, -0.2) is 18.1 Å². The van der Waals surface area contributed by atoms with Gasteiger partial charge in [-0.15, -0.1) is 0 Å². The molecule has 1 aliphatic rings. The van der Waals surface area contributed by atoms with E-state index in [1.165, 1.54) is 19.3 Å². The van der Waals surface area contributed by atoms with E-state index in [1.807, 2.05) is 6.92 Å². The van der Waals surface area contributed by atoms with Crippen molar-refractivity contribution in [3.63, 3.8) is 0 Å². The Labute approximate surface area is 91.3 Å². The van der Waals surface area contributed by atoms with E-state index < -0.39 is 0 Å². The van der Waals surface area contributed by atoms with Crippen LogP contribution in [-0.2, 0) is 6.54 Å². The first-order valence-corrected chi connectivity index (χ1v) is 5.62. The lowest BCUT2D eigenvalue weighted by Crippen LogP contribution is -2.37. The van der Waals surface area contributed by atoms with Gasteiger partial charge >= 0.3 is 0 Å². The second-order valence-corrected chi connectivity index (χ2v) is 4.31. The average Bonchev–Trinajstić information content (AvgIpc) is 2.15. The number of hydrogen-bond donors (Lipinski definition) is 1. The van der Waals surface area contributed by atoms with Gasteiger partial charge in [0.1, 0.15) is 5.82 Å². The van der Waals surface area contributed by atoms with E-state index in [0.29, 0.717) is 12.6 Å². The number of pyridine rings is 1. The maximum atomic E-state index is 5.62. The van der Waals surface area contributed by atoms with Gasteiger partial charge in [-0.25, -0.2) is 4.98 Å². The highest BCUT2D eigenvalue weighted by Crippen LogP contribution is 2.27. The summed E-state index contributed by atoms with van der Waals surface area (Å²) in [7, 11) is 2.13. The number of nitrogens with two attached hydrogens (primary N) is 1. The van der Waals surface area contributed by atoms with Gasteiger partial charge in [0.05, 0.1) is 0 Å². The van der Waals surface area contributed by atoms with Crippen molar-refractivity contribution in [2.75, 3.05) is 11.9 Å². The molecule has 0 aromatic carbocycles. The van der Waals surface area contributed by atoms with E-state index in [2.05, 4.69) is 29.1 Å². The number of rotatable bonds is 3. The third-order valence-corrected chi connectivity index (χ3v) is 3.38. The van der Waals surface area contributed by atoms with Crippen molar-refractivity contribution in [3.05, 3.63) is 23.4 Å². The van der Waals surface area contributed by atoms with Crippen molar-refractivity contribution < 1.29 is 0 Å². The van der Waals surface area contributed by atoms with Crippen LogP contribution in [0.3, 0.4) is 0 Å². The summed E-state index contributed by atoms with van der Waals surface area (Å²) < 4.78 is 0. The zero-order valence-corrected chi connectivity index (χ0v) is 9.53. The van der Waals surface area contributed by atoms with Crippen molar-refractivity contribution in [1.29, 1.82) is 0 Å². The molecule has 1 aromatic heterocycles. The fraction of sp³-hybridized carbons (Fsp3) is 0.583. The Morgan fingerprint density at radius 1 is 1.47 bits per heavy atom. The van der Waals surface area contributed by atoms with Crippen LogP contribution in [0.15, 0.2) is 12.1 Å². The maximum absolute atomic E-state index is 5.62. The predicted molar refractivity (Wildman–Crippen MR) is 62.9 cm³/mol. The van der Waals surface area contributed by atoms with Crippen molar-refractivity contribution in [1.82, 2.24) is 4.98 Å². The third-order valence-electron chi connectivity index (χ3n) is 3.38. The van der Waals surface area contributed by atoms with Crippen molar-refractivity contribution in [3.8, 4) is 0 Å². The Hall–Kier alpha value is -1.09. The highest BCUT2D eigenvalue weighted by atomic mass is 15.2. The Morgan fingerprint density at radius 2 is 2.20 bits per heavy atom. The van der Waals surface area contributed by atoms with Gasteiger partial charge in [0.2, 0.25) is 0 Å². The molecule has 3 nitrogen and oxygen atoms in total. The van der Waals surface area contributed by atoms with Gasteiger partial charge in [-0.1, -0.05) is 6.07 Å². The lowest BCUT2D eigenvalue weighted by molar-refractivity contribution is 0.399. The number of hydrogen-bond acceptors (Lipinski definition) is 3. The van der Waals surface area contributed by atoms with Gasteiger partial charge in [-0.3, -0.25) is 0 Å². The summed E-state index contributed by atoms with van der Waals surface area (Å²) in [6.45, 7) is 2.60. The van der Waals surface area contributed by atoms with E-state index in [0.717, 1.165) is 17.1 Å².